The molecule has 0 N–H and O–H groups in total. The molecule has 0 fully saturated rings. The summed E-state index contributed by atoms with van der Waals surface area (Å²) in [5.41, 5.74) is 0.899. The van der Waals surface area contributed by atoms with Crippen LogP contribution in [0.5, 0.6) is 0 Å². The zero-order valence-corrected chi connectivity index (χ0v) is 14.0. The van der Waals surface area contributed by atoms with Crippen LogP contribution in [0.25, 0.3) is 11.3 Å². The second-order valence-electron chi connectivity index (χ2n) is 4.31. The van der Waals surface area contributed by atoms with Crippen molar-refractivity contribution < 1.29 is 8.83 Å². The van der Waals surface area contributed by atoms with E-state index in [0.717, 1.165) is 5.56 Å². The minimum Gasteiger partial charge on any atom is -0.440 e. The smallest absolute Gasteiger partial charge is 0.277 e. The van der Waals surface area contributed by atoms with E-state index in [0.29, 0.717) is 39.3 Å². The van der Waals surface area contributed by atoms with E-state index >= 15 is 0 Å². The summed E-state index contributed by atoms with van der Waals surface area (Å²) in [6.07, 6.45) is 3.68. The maximum atomic E-state index is 5.98. The molecule has 0 spiro atoms. The number of hydrogen-bond donors (Lipinski definition) is 0. The lowest BCUT2D eigenvalue weighted by atomic mass is 10.2. The number of rotatable bonds is 6. The van der Waals surface area contributed by atoms with E-state index in [9.17, 15) is 0 Å². The Morgan fingerprint density at radius 3 is 2.86 bits per heavy atom. The van der Waals surface area contributed by atoms with Gasteiger partial charge in [0.1, 0.15) is 0 Å². The molecule has 0 atom stereocenters. The third kappa shape index (κ3) is 3.85. The van der Waals surface area contributed by atoms with Gasteiger partial charge in [-0.05, 0) is 18.4 Å². The third-order valence-corrected chi connectivity index (χ3v) is 4.27. The van der Waals surface area contributed by atoms with Crippen molar-refractivity contribution in [2.45, 2.75) is 16.7 Å². The van der Waals surface area contributed by atoms with Gasteiger partial charge in [-0.25, -0.2) is 4.98 Å². The first kappa shape index (κ1) is 15.5. The van der Waals surface area contributed by atoms with Gasteiger partial charge in [0, 0.05) is 10.6 Å². The fraction of sp³-hybridized carbons (Fsp3) is 0.214. The van der Waals surface area contributed by atoms with E-state index in [-0.39, 0.29) is 0 Å². The molecule has 0 saturated heterocycles. The van der Waals surface area contributed by atoms with Gasteiger partial charge in [0.25, 0.3) is 5.22 Å². The molecule has 3 aromatic rings. The van der Waals surface area contributed by atoms with E-state index in [1.165, 1.54) is 11.8 Å². The van der Waals surface area contributed by atoms with E-state index in [4.69, 9.17) is 20.4 Å². The summed E-state index contributed by atoms with van der Waals surface area (Å²) in [5.74, 6) is 3.16. The standard InChI is InChI=1S/C14H12ClN3O2S2/c1-21-7-13-17-18-14(20-13)22-8-12-16-6-11(19-12)9-3-2-4-10(15)5-9/h2-6H,7-8H2,1H3. The van der Waals surface area contributed by atoms with Gasteiger partial charge >= 0.3 is 0 Å². The van der Waals surface area contributed by atoms with Gasteiger partial charge in [-0.1, -0.05) is 35.5 Å². The molecular formula is C14H12ClN3O2S2. The van der Waals surface area contributed by atoms with Crippen molar-refractivity contribution in [3.8, 4) is 11.3 Å². The van der Waals surface area contributed by atoms with E-state index in [1.54, 1.807) is 18.0 Å². The molecule has 22 heavy (non-hydrogen) atoms. The normalized spacial score (nSPS) is 11.0. The van der Waals surface area contributed by atoms with Crippen LogP contribution in [0.2, 0.25) is 5.02 Å². The van der Waals surface area contributed by atoms with Crippen LogP contribution in [0.15, 0.2) is 44.5 Å². The summed E-state index contributed by atoms with van der Waals surface area (Å²) in [5, 5.41) is 9.11. The first-order chi connectivity index (χ1) is 10.7. The minimum absolute atomic E-state index is 0.520. The first-order valence-electron chi connectivity index (χ1n) is 6.39. The van der Waals surface area contributed by atoms with Crippen LogP contribution in [0, 0.1) is 0 Å². The predicted octanol–water partition coefficient (Wildman–Crippen LogP) is 4.53. The van der Waals surface area contributed by atoms with Crippen LogP contribution in [0.3, 0.4) is 0 Å². The van der Waals surface area contributed by atoms with Crippen molar-refractivity contribution in [2.24, 2.45) is 0 Å². The topological polar surface area (TPSA) is 65.0 Å². The van der Waals surface area contributed by atoms with Crippen molar-refractivity contribution in [2.75, 3.05) is 6.26 Å². The van der Waals surface area contributed by atoms with Crippen LogP contribution in [-0.4, -0.2) is 21.4 Å². The van der Waals surface area contributed by atoms with Gasteiger partial charge in [-0.15, -0.1) is 10.2 Å². The quantitative estimate of drug-likeness (QED) is 0.603. The second kappa shape index (κ2) is 7.21. The number of halogens is 1. The van der Waals surface area contributed by atoms with Crippen LogP contribution in [0.4, 0.5) is 0 Å². The molecule has 0 bridgehead atoms. The molecule has 1 aromatic carbocycles. The van der Waals surface area contributed by atoms with Crippen molar-refractivity contribution in [3.05, 3.63) is 47.3 Å². The summed E-state index contributed by atoms with van der Waals surface area (Å²) in [7, 11) is 0. The summed E-state index contributed by atoms with van der Waals surface area (Å²) in [6.45, 7) is 0. The fourth-order valence-electron chi connectivity index (χ4n) is 1.75. The number of aromatic nitrogens is 3. The summed E-state index contributed by atoms with van der Waals surface area (Å²) < 4.78 is 11.2. The van der Waals surface area contributed by atoms with Gasteiger partial charge in [0.15, 0.2) is 5.76 Å². The molecule has 2 aromatic heterocycles. The van der Waals surface area contributed by atoms with Gasteiger partial charge in [0.05, 0.1) is 17.7 Å². The van der Waals surface area contributed by atoms with Crippen LogP contribution in [0.1, 0.15) is 11.8 Å². The Hall–Kier alpha value is -1.44. The lowest BCUT2D eigenvalue weighted by Gasteiger charge is -1.96. The van der Waals surface area contributed by atoms with Gasteiger partial charge in [0.2, 0.25) is 11.8 Å². The third-order valence-electron chi connectivity index (χ3n) is 2.70. The molecule has 0 unspecified atom stereocenters. The largest absolute Gasteiger partial charge is 0.440 e. The van der Waals surface area contributed by atoms with Crippen molar-refractivity contribution >= 4 is 35.1 Å². The molecule has 114 valence electrons. The number of oxazole rings is 1. The molecule has 0 radical (unpaired) electrons. The SMILES string of the molecule is CSCc1nnc(SCc2ncc(-c3cccc(Cl)c3)o2)o1. The van der Waals surface area contributed by atoms with E-state index < -0.39 is 0 Å². The molecule has 0 saturated carbocycles. The van der Waals surface area contributed by atoms with Crippen LogP contribution in [-0.2, 0) is 11.5 Å². The highest BCUT2D eigenvalue weighted by Gasteiger charge is 2.10. The van der Waals surface area contributed by atoms with Crippen LogP contribution < -0.4 is 0 Å². The highest BCUT2D eigenvalue weighted by molar-refractivity contribution is 7.98. The van der Waals surface area contributed by atoms with E-state index in [2.05, 4.69) is 15.2 Å². The van der Waals surface area contributed by atoms with Crippen molar-refractivity contribution in [3.63, 3.8) is 0 Å². The zero-order chi connectivity index (χ0) is 15.4. The summed E-state index contributed by atoms with van der Waals surface area (Å²) in [4.78, 5) is 4.26. The van der Waals surface area contributed by atoms with E-state index in [1.807, 2.05) is 30.5 Å². The molecule has 8 heteroatoms. The average Bonchev–Trinajstić information content (AvgIpc) is 3.15. The Morgan fingerprint density at radius 2 is 2.05 bits per heavy atom. The zero-order valence-electron chi connectivity index (χ0n) is 11.7. The maximum Gasteiger partial charge on any atom is 0.277 e. The fourth-order valence-corrected chi connectivity index (χ4v) is 2.94. The molecule has 0 amide bonds. The lowest BCUT2D eigenvalue weighted by molar-refractivity contribution is 0.426. The highest BCUT2D eigenvalue weighted by Crippen LogP contribution is 2.27. The highest BCUT2D eigenvalue weighted by atomic mass is 35.5. The number of thioether (sulfide) groups is 2. The van der Waals surface area contributed by atoms with Crippen molar-refractivity contribution in [1.82, 2.24) is 15.2 Å². The molecule has 3 rings (SSSR count). The summed E-state index contributed by atoms with van der Waals surface area (Å²) >= 11 is 9.01. The Kier molecular flexibility index (Phi) is 5.07. The maximum absolute atomic E-state index is 5.98. The predicted molar refractivity (Wildman–Crippen MR) is 88.0 cm³/mol. The molecule has 2 heterocycles. The lowest BCUT2D eigenvalue weighted by Crippen LogP contribution is -1.79. The Labute approximate surface area is 140 Å². The average molecular weight is 354 g/mol. The Bertz CT molecular complexity index is 760. The van der Waals surface area contributed by atoms with Crippen LogP contribution >= 0.6 is 35.1 Å². The number of nitrogens with zero attached hydrogens (tertiary/aromatic N) is 3. The number of benzene rings is 1. The Balaban J connectivity index is 1.64. The molecular weight excluding hydrogens is 342 g/mol. The second-order valence-corrected chi connectivity index (χ2v) is 6.54. The van der Waals surface area contributed by atoms with Gasteiger partial charge in [-0.3, -0.25) is 0 Å². The molecule has 5 nitrogen and oxygen atoms in total. The molecule has 0 aliphatic carbocycles. The van der Waals surface area contributed by atoms with Gasteiger partial charge < -0.3 is 8.83 Å². The number of hydrogen-bond acceptors (Lipinski definition) is 7. The Morgan fingerprint density at radius 1 is 1.14 bits per heavy atom. The monoisotopic (exact) mass is 353 g/mol. The van der Waals surface area contributed by atoms with Gasteiger partial charge in [-0.2, -0.15) is 11.8 Å². The molecule has 0 aliphatic heterocycles. The van der Waals surface area contributed by atoms with Crippen molar-refractivity contribution in [1.29, 1.82) is 0 Å². The first-order valence-corrected chi connectivity index (χ1v) is 9.15. The minimum atomic E-state index is 0.520. The summed E-state index contributed by atoms with van der Waals surface area (Å²) in [6, 6.07) is 7.46. The molecule has 0 aliphatic rings.